The normalized spacial score (nSPS) is 18.3. The van der Waals surface area contributed by atoms with Gasteiger partial charge in [0.05, 0.1) is 5.60 Å². The number of hydrogen-bond acceptors (Lipinski definition) is 3. The summed E-state index contributed by atoms with van der Waals surface area (Å²) in [5.74, 6) is 0. The Morgan fingerprint density at radius 1 is 1.53 bits per heavy atom. The molecule has 3 heteroatoms. The highest BCUT2D eigenvalue weighted by molar-refractivity contribution is 5.43. The minimum Gasteiger partial charge on any atom is -0.382 e. The van der Waals surface area contributed by atoms with Gasteiger partial charge in [0.2, 0.25) is 0 Å². The number of rotatable bonds is 4. The Hall–Kier alpha value is -1.09. The first-order chi connectivity index (χ1) is 7.24. The zero-order valence-electron chi connectivity index (χ0n) is 9.42. The van der Waals surface area contributed by atoms with Gasteiger partial charge < -0.3 is 10.1 Å². The summed E-state index contributed by atoms with van der Waals surface area (Å²) in [7, 11) is 1.80. The van der Waals surface area contributed by atoms with Gasteiger partial charge in [-0.3, -0.25) is 4.98 Å². The lowest BCUT2D eigenvalue weighted by atomic mass is 9.80. The third kappa shape index (κ3) is 2.29. The zero-order chi connectivity index (χ0) is 10.7. The van der Waals surface area contributed by atoms with Gasteiger partial charge in [-0.25, -0.2) is 0 Å². The Kier molecular flexibility index (Phi) is 2.91. The summed E-state index contributed by atoms with van der Waals surface area (Å²) in [5, 5.41) is 3.41. The SMILES string of the molecule is COC1(CNc2ccnc(C)c2)CCC1. The van der Waals surface area contributed by atoms with Crippen LogP contribution >= 0.6 is 0 Å². The molecule has 1 aromatic rings. The molecule has 0 spiro atoms. The largest absolute Gasteiger partial charge is 0.382 e. The molecule has 1 aromatic heterocycles. The summed E-state index contributed by atoms with van der Waals surface area (Å²) in [6.45, 7) is 2.90. The van der Waals surface area contributed by atoms with Crippen molar-refractivity contribution >= 4 is 5.69 Å². The molecular formula is C12H18N2O. The molecule has 0 atom stereocenters. The van der Waals surface area contributed by atoms with E-state index in [1.54, 1.807) is 7.11 Å². The number of pyridine rings is 1. The summed E-state index contributed by atoms with van der Waals surface area (Å²) in [5.41, 5.74) is 2.25. The van der Waals surface area contributed by atoms with Crippen LogP contribution in [-0.2, 0) is 4.74 Å². The highest BCUT2D eigenvalue weighted by Crippen LogP contribution is 2.35. The third-order valence-corrected chi connectivity index (χ3v) is 3.21. The Balaban J connectivity index is 1.92. The number of ether oxygens (including phenoxy) is 1. The first kappa shape index (κ1) is 10.4. The summed E-state index contributed by atoms with van der Waals surface area (Å²) < 4.78 is 5.55. The van der Waals surface area contributed by atoms with Crippen molar-refractivity contribution in [2.75, 3.05) is 19.0 Å². The van der Waals surface area contributed by atoms with E-state index < -0.39 is 0 Å². The molecule has 0 bridgehead atoms. The van der Waals surface area contributed by atoms with Gasteiger partial charge in [-0.2, -0.15) is 0 Å². The number of methoxy groups -OCH3 is 1. The minimum absolute atomic E-state index is 0.0805. The van der Waals surface area contributed by atoms with Crippen LogP contribution in [0, 0.1) is 6.92 Å². The molecule has 3 nitrogen and oxygen atoms in total. The number of anilines is 1. The summed E-state index contributed by atoms with van der Waals surface area (Å²) in [6.07, 6.45) is 5.45. The van der Waals surface area contributed by atoms with Crippen molar-refractivity contribution < 1.29 is 4.74 Å². The summed E-state index contributed by atoms with van der Waals surface area (Å²) in [6, 6.07) is 4.05. The van der Waals surface area contributed by atoms with Crippen LogP contribution in [0.4, 0.5) is 5.69 Å². The Labute approximate surface area is 90.9 Å². The maximum atomic E-state index is 5.55. The molecule has 0 saturated heterocycles. The molecule has 0 amide bonds. The molecule has 2 rings (SSSR count). The van der Waals surface area contributed by atoms with Crippen LogP contribution in [0.1, 0.15) is 25.0 Å². The Morgan fingerprint density at radius 2 is 2.33 bits per heavy atom. The first-order valence-electron chi connectivity index (χ1n) is 5.46. The molecule has 1 N–H and O–H groups in total. The molecular weight excluding hydrogens is 188 g/mol. The molecule has 0 radical (unpaired) electrons. The van der Waals surface area contributed by atoms with Gasteiger partial charge in [0, 0.05) is 31.2 Å². The number of aromatic nitrogens is 1. The molecule has 1 saturated carbocycles. The maximum absolute atomic E-state index is 5.55. The van der Waals surface area contributed by atoms with Gasteiger partial charge in [0.1, 0.15) is 0 Å². The van der Waals surface area contributed by atoms with Crippen molar-refractivity contribution in [2.24, 2.45) is 0 Å². The van der Waals surface area contributed by atoms with E-state index in [0.29, 0.717) is 0 Å². The molecule has 0 aliphatic heterocycles. The zero-order valence-corrected chi connectivity index (χ0v) is 9.42. The average molecular weight is 206 g/mol. The van der Waals surface area contributed by atoms with Crippen LogP contribution in [-0.4, -0.2) is 24.2 Å². The average Bonchev–Trinajstić information content (AvgIpc) is 2.17. The van der Waals surface area contributed by atoms with Crippen LogP contribution in [0.25, 0.3) is 0 Å². The highest BCUT2D eigenvalue weighted by atomic mass is 16.5. The van der Waals surface area contributed by atoms with E-state index in [0.717, 1.165) is 17.9 Å². The quantitative estimate of drug-likeness (QED) is 0.821. The van der Waals surface area contributed by atoms with Crippen molar-refractivity contribution in [2.45, 2.75) is 31.8 Å². The molecule has 1 aliphatic carbocycles. The smallest absolute Gasteiger partial charge is 0.0850 e. The molecule has 15 heavy (non-hydrogen) atoms. The van der Waals surface area contributed by atoms with Crippen molar-refractivity contribution in [3.8, 4) is 0 Å². The Bertz CT molecular complexity index is 329. The molecule has 1 heterocycles. The topological polar surface area (TPSA) is 34.1 Å². The monoisotopic (exact) mass is 206 g/mol. The lowest BCUT2D eigenvalue weighted by Gasteiger charge is -2.40. The van der Waals surface area contributed by atoms with Crippen LogP contribution in [0.15, 0.2) is 18.3 Å². The van der Waals surface area contributed by atoms with E-state index in [4.69, 9.17) is 4.74 Å². The second kappa shape index (κ2) is 4.19. The van der Waals surface area contributed by atoms with Crippen molar-refractivity contribution in [3.05, 3.63) is 24.0 Å². The van der Waals surface area contributed by atoms with Crippen LogP contribution < -0.4 is 5.32 Å². The van der Waals surface area contributed by atoms with E-state index in [-0.39, 0.29) is 5.60 Å². The van der Waals surface area contributed by atoms with Gasteiger partial charge in [0.15, 0.2) is 0 Å². The van der Waals surface area contributed by atoms with Crippen molar-refractivity contribution in [3.63, 3.8) is 0 Å². The number of aryl methyl sites for hydroxylation is 1. The number of nitrogens with one attached hydrogen (secondary N) is 1. The minimum atomic E-state index is 0.0805. The van der Waals surface area contributed by atoms with Gasteiger partial charge in [-0.15, -0.1) is 0 Å². The maximum Gasteiger partial charge on any atom is 0.0850 e. The van der Waals surface area contributed by atoms with E-state index in [1.807, 2.05) is 19.2 Å². The molecule has 0 unspecified atom stereocenters. The number of hydrogen-bond donors (Lipinski definition) is 1. The lowest BCUT2D eigenvalue weighted by molar-refractivity contribution is -0.0601. The first-order valence-corrected chi connectivity index (χ1v) is 5.46. The predicted molar refractivity (Wildman–Crippen MR) is 61.1 cm³/mol. The van der Waals surface area contributed by atoms with Crippen LogP contribution in [0.2, 0.25) is 0 Å². The van der Waals surface area contributed by atoms with Crippen molar-refractivity contribution in [1.29, 1.82) is 0 Å². The standard InChI is InChI=1S/C12H18N2O/c1-10-8-11(4-7-13-10)14-9-12(15-2)5-3-6-12/h4,7-8H,3,5-6,9H2,1-2H3,(H,13,14). The fourth-order valence-electron chi connectivity index (χ4n) is 1.94. The molecule has 82 valence electrons. The second-order valence-corrected chi connectivity index (χ2v) is 4.28. The van der Waals surface area contributed by atoms with E-state index in [9.17, 15) is 0 Å². The van der Waals surface area contributed by atoms with E-state index in [2.05, 4.69) is 16.4 Å². The van der Waals surface area contributed by atoms with E-state index in [1.165, 1.54) is 19.3 Å². The van der Waals surface area contributed by atoms with Gasteiger partial charge >= 0.3 is 0 Å². The van der Waals surface area contributed by atoms with Crippen LogP contribution in [0.5, 0.6) is 0 Å². The molecule has 1 aliphatic rings. The highest BCUT2D eigenvalue weighted by Gasteiger charge is 2.36. The van der Waals surface area contributed by atoms with Gasteiger partial charge in [0.25, 0.3) is 0 Å². The van der Waals surface area contributed by atoms with Gasteiger partial charge in [-0.1, -0.05) is 0 Å². The van der Waals surface area contributed by atoms with E-state index >= 15 is 0 Å². The summed E-state index contributed by atoms with van der Waals surface area (Å²) >= 11 is 0. The van der Waals surface area contributed by atoms with Crippen molar-refractivity contribution in [1.82, 2.24) is 4.98 Å². The van der Waals surface area contributed by atoms with Gasteiger partial charge in [-0.05, 0) is 38.3 Å². The third-order valence-electron chi connectivity index (χ3n) is 3.21. The lowest BCUT2D eigenvalue weighted by Crippen LogP contribution is -2.45. The van der Waals surface area contributed by atoms with Crippen LogP contribution in [0.3, 0.4) is 0 Å². The fraction of sp³-hybridized carbons (Fsp3) is 0.583. The fourth-order valence-corrected chi connectivity index (χ4v) is 1.94. The summed E-state index contributed by atoms with van der Waals surface area (Å²) in [4.78, 5) is 4.17. The molecule has 1 fully saturated rings. The predicted octanol–water partition coefficient (Wildman–Crippen LogP) is 2.37. The molecule has 0 aromatic carbocycles. The number of nitrogens with zero attached hydrogens (tertiary/aromatic N) is 1. The second-order valence-electron chi connectivity index (χ2n) is 4.28. The Morgan fingerprint density at radius 3 is 2.87 bits per heavy atom.